The molecule has 1 aliphatic rings. The SMILES string of the molecule is CCCN1CCCC(c2cccc(OC(=O)N(Cl)c3ccccc3C)c2)C1. The number of piperidine rings is 1. The van der Waals surface area contributed by atoms with Crippen molar-refractivity contribution in [3.05, 3.63) is 59.7 Å². The van der Waals surface area contributed by atoms with E-state index in [9.17, 15) is 4.79 Å². The van der Waals surface area contributed by atoms with Gasteiger partial charge in [0.1, 0.15) is 5.75 Å². The van der Waals surface area contributed by atoms with Crippen LogP contribution in [0.2, 0.25) is 0 Å². The lowest BCUT2D eigenvalue weighted by Gasteiger charge is -2.32. The molecule has 0 spiro atoms. The van der Waals surface area contributed by atoms with E-state index in [1.54, 1.807) is 12.1 Å². The minimum absolute atomic E-state index is 0.479. The Bertz CT molecular complexity index is 778. The Hall–Kier alpha value is -2.04. The van der Waals surface area contributed by atoms with E-state index in [2.05, 4.69) is 17.9 Å². The molecule has 1 aliphatic heterocycles. The summed E-state index contributed by atoms with van der Waals surface area (Å²) in [5, 5.41) is 0. The molecule has 1 fully saturated rings. The van der Waals surface area contributed by atoms with Crippen molar-refractivity contribution >= 4 is 23.6 Å². The van der Waals surface area contributed by atoms with Crippen molar-refractivity contribution in [2.24, 2.45) is 0 Å². The van der Waals surface area contributed by atoms with Crippen LogP contribution in [0.3, 0.4) is 0 Å². The van der Waals surface area contributed by atoms with Crippen LogP contribution in [0.15, 0.2) is 48.5 Å². The molecule has 1 saturated heterocycles. The van der Waals surface area contributed by atoms with Crippen molar-refractivity contribution in [2.75, 3.05) is 24.1 Å². The van der Waals surface area contributed by atoms with Crippen LogP contribution in [0.1, 0.15) is 43.2 Å². The number of benzene rings is 2. The first-order valence-corrected chi connectivity index (χ1v) is 9.98. The fourth-order valence-corrected chi connectivity index (χ4v) is 3.93. The molecule has 1 heterocycles. The van der Waals surface area contributed by atoms with Gasteiger partial charge in [-0.2, -0.15) is 4.42 Å². The molecule has 5 heteroatoms. The number of para-hydroxylation sites is 1. The summed E-state index contributed by atoms with van der Waals surface area (Å²) < 4.78 is 6.57. The van der Waals surface area contributed by atoms with Gasteiger partial charge in [-0.25, -0.2) is 4.79 Å². The van der Waals surface area contributed by atoms with Crippen LogP contribution >= 0.6 is 11.8 Å². The summed E-state index contributed by atoms with van der Waals surface area (Å²) in [5.41, 5.74) is 2.76. The quantitative estimate of drug-likeness (QED) is 0.614. The molecule has 1 atom stereocenters. The van der Waals surface area contributed by atoms with Crippen LogP contribution < -0.4 is 9.16 Å². The highest BCUT2D eigenvalue weighted by Gasteiger charge is 2.22. The number of amides is 1. The number of hydrogen-bond donors (Lipinski definition) is 0. The number of hydrogen-bond acceptors (Lipinski definition) is 3. The van der Waals surface area contributed by atoms with E-state index in [4.69, 9.17) is 16.5 Å². The molecule has 0 radical (unpaired) electrons. The highest BCUT2D eigenvalue weighted by molar-refractivity contribution is 6.35. The maximum absolute atomic E-state index is 12.5. The lowest BCUT2D eigenvalue weighted by molar-refractivity contribution is 0.207. The van der Waals surface area contributed by atoms with E-state index >= 15 is 0 Å². The fraction of sp³-hybridized carbons (Fsp3) is 0.409. The third kappa shape index (κ3) is 5.02. The summed E-state index contributed by atoms with van der Waals surface area (Å²) in [6.07, 6.45) is 2.95. The molecule has 0 aliphatic carbocycles. The zero-order valence-corrected chi connectivity index (χ0v) is 16.8. The molecular formula is C22H27ClN2O2. The van der Waals surface area contributed by atoms with E-state index in [1.807, 2.05) is 37.3 Å². The van der Waals surface area contributed by atoms with Crippen LogP contribution in [0.5, 0.6) is 5.75 Å². The van der Waals surface area contributed by atoms with Gasteiger partial charge in [0.05, 0.1) is 5.69 Å². The maximum Gasteiger partial charge on any atom is 0.434 e. The molecule has 2 aromatic carbocycles. The molecule has 0 aromatic heterocycles. The summed E-state index contributed by atoms with van der Waals surface area (Å²) in [6.45, 7) is 7.51. The third-order valence-electron chi connectivity index (χ3n) is 5.07. The third-order valence-corrected chi connectivity index (χ3v) is 5.39. The highest BCUT2D eigenvalue weighted by Crippen LogP contribution is 2.30. The number of likely N-dealkylation sites (tertiary alicyclic amines) is 1. The second-order valence-corrected chi connectivity index (χ2v) is 7.49. The number of ether oxygens (including phenoxy) is 1. The lowest BCUT2D eigenvalue weighted by Crippen LogP contribution is -2.34. The number of carbonyl (C=O) groups is 1. The second kappa shape index (κ2) is 9.25. The van der Waals surface area contributed by atoms with E-state index in [0.29, 0.717) is 17.4 Å². The molecule has 27 heavy (non-hydrogen) atoms. The summed E-state index contributed by atoms with van der Waals surface area (Å²) >= 11 is 6.21. The smallest absolute Gasteiger partial charge is 0.409 e. The Morgan fingerprint density at radius 2 is 2.07 bits per heavy atom. The minimum Gasteiger partial charge on any atom is -0.409 e. The first-order chi connectivity index (χ1) is 13.1. The van der Waals surface area contributed by atoms with E-state index in [1.165, 1.54) is 31.4 Å². The summed E-state index contributed by atoms with van der Waals surface area (Å²) in [6, 6.07) is 15.3. The molecule has 0 N–H and O–H groups in total. The monoisotopic (exact) mass is 386 g/mol. The topological polar surface area (TPSA) is 32.8 Å². The molecule has 3 rings (SSSR count). The van der Waals surface area contributed by atoms with Crippen molar-refractivity contribution in [3.63, 3.8) is 0 Å². The van der Waals surface area contributed by atoms with Crippen LogP contribution in [-0.4, -0.2) is 30.6 Å². The van der Waals surface area contributed by atoms with Gasteiger partial charge in [0.2, 0.25) is 0 Å². The van der Waals surface area contributed by atoms with Gasteiger partial charge >= 0.3 is 6.09 Å². The van der Waals surface area contributed by atoms with Gasteiger partial charge in [-0.1, -0.05) is 37.3 Å². The Balaban J connectivity index is 1.68. The number of carbonyl (C=O) groups excluding carboxylic acids is 1. The van der Waals surface area contributed by atoms with Crippen molar-refractivity contribution in [2.45, 2.75) is 39.0 Å². The van der Waals surface area contributed by atoms with Gasteiger partial charge in [-0.05, 0) is 74.5 Å². The zero-order chi connectivity index (χ0) is 19.2. The predicted molar refractivity (Wildman–Crippen MR) is 111 cm³/mol. The molecule has 0 bridgehead atoms. The van der Waals surface area contributed by atoms with Crippen molar-refractivity contribution < 1.29 is 9.53 Å². The summed E-state index contributed by atoms with van der Waals surface area (Å²) in [5.74, 6) is 1.01. The van der Waals surface area contributed by atoms with Crippen LogP contribution in [0, 0.1) is 6.92 Å². The lowest BCUT2D eigenvalue weighted by atomic mass is 9.90. The fourth-order valence-electron chi connectivity index (χ4n) is 3.70. The van der Waals surface area contributed by atoms with Gasteiger partial charge < -0.3 is 9.64 Å². The number of nitrogens with zero attached hydrogens (tertiary/aromatic N) is 2. The first kappa shape index (κ1) is 19.7. The Kier molecular flexibility index (Phi) is 6.75. The molecule has 0 saturated carbocycles. The normalized spacial score (nSPS) is 17.5. The van der Waals surface area contributed by atoms with E-state index < -0.39 is 6.09 Å². The van der Waals surface area contributed by atoms with Crippen LogP contribution in [-0.2, 0) is 0 Å². The van der Waals surface area contributed by atoms with Gasteiger partial charge in [0, 0.05) is 18.3 Å². The van der Waals surface area contributed by atoms with Crippen molar-refractivity contribution in [3.8, 4) is 5.75 Å². The maximum atomic E-state index is 12.5. The summed E-state index contributed by atoms with van der Waals surface area (Å²) in [4.78, 5) is 15.0. The summed E-state index contributed by atoms with van der Waals surface area (Å²) in [7, 11) is 0. The molecule has 1 unspecified atom stereocenters. The van der Waals surface area contributed by atoms with Gasteiger partial charge in [0.15, 0.2) is 0 Å². The average Bonchev–Trinajstić information content (AvgIpc) is 2.68. The number of aryl methyl sites for hydroxylation is 1. The Morgan fingerprint density at radius 3 is 2.85 bits per heavy atom. The van der Waals surface area contributed by atoms with E-state index in [-0.39, 0.29) is 0 Å². The van der Waals surface area contributed by atoms with Crippen molar-refractivity contribution in [1.29, 1.82) is 0 Å². The van der Waals surface area contributed by atoms with E-state index in [0.717, 1.165) is 23.1 Å². The molecule has 1 amide bonds. The average molecular weight is 387 g/mol. The molecule has 4 nitrogen and oxygen atoms in total. The Labute approximate surface area is 166 Å². The first-order valence-electron chi connectivity index (χ1n) is 9.64. The molecule has 144 valence electrons. The zero-order valence-electron chi connectivity index (χ0n) is 16.0. The Morgan fingerprint density at radius 1 is 1.26 bits per heavy atom. The van der Waals surface area contributed by atoms with Crippen LogP contribution in [0.4, 0.5) is 10.5 Å². The van der Waals surface area contributed by atoms with Gasteiger partial charge in [0.25, 0.3) is 0 Å². The van der Waals surface area contributed by atoms with Gasteiger partial charge in [-0.3, -0.25) is 0 Å². The van der Waals surface area contributed by atoms with Crippen molar-refractivity contribution in [1.82, 2.24) is 4.90 Å². The van der Waals surface area contributed by atoms with Gasteiger partial charge in [-0.15, -0.1) is 0 Å². The standard InChI is InChI=1S/C22H27ClN2O2/c1-3-13-24-14-7-10-19(16-24)18-9-6-11-20(15-18)27-22(26)25(23)21-12-5-4-8-17(21)2/h4-6,8-9,11-12,15,19H,3,7,10,13-14,16H2,1-2H3. The largest absolute Gasteiger partial charge is 0.434 e. The number of anilines is 1. The second-order valence-electron chi connectivity index (χ2n) is 7.15. The minimum atomic E-state index is -0.598. The molecule has 2 aromatic rings. The van der Waals surface area contributed by atoms with Crippen LogP contribution in [0.25, 0.3) is 0 Å². The predicted octanol–water partition coefficient (Wildman–Crippen LogP) is 5.74. The number of halogens is 1. The number of rotatable bonds is 5. The molecular weight excluding hydrogens is 360 g/mol. The highest BCUT2D eigenvalue weighted by atomic mass is 35.5.